The lowest BCUT2D eigenvalue weighted by Gasteiger charge is -2.10. The first-order valence-electron chi connectivity index (χ1n) is 7.06. The molecule has 1 amide bonds. The molecular formula is C15H17N3O4S. The molecule has 0 spiro atoms. The fourth-order valence-corrected chi connectivity index (χ4v) is 2.75. The van der Waals surface area contributed by atoms with Crippen LogP contribution in [-0.2, 0) is 12.8 Å². The van der Waals surface area contributed by atoms with Crippen LogP contribution in [0.5, 0.6) is 5.75 Å². The van der Waals surface area contributed by atoms with E-state index in [2.05, 4.69) is 14.9 Å². The molecule has 0 unspecified atom stereocenters. The molecule has 0 fully saturated rings. The third-order valence-corrected chi connectivity index (χ3v) is 4.08. The van der Waals surface area contributed by atoms with Crippen molar-refractivity contribution in [3.63, 3.8) is 0 Å². The zero-order valence-corrected chi connectivity index (χ0v) is 13.6. The Bertz CT molecular complexity index is 714. The van der Waals surface area contributed by atoms with E-state index < -0.39 is 5.97 Å². The zero-order valence-electron chi connectivity index (χ0n) is 12.8. The Kier molecular flexibility index (Phi) is 5.64. The third-order valence-electron chi connectivity index (χ3n) is 3.31. The SMILES string of the molecule is CCc1nnsc1C(=O)NCCc1ccc(C(=O)O)cc1OC. The van der Waals surface area contributed by atoms with Gasteiger partial charge in [0, 0.05) is 6.54 Å². The summed E-state index contributed by atoms with van der Waals surface area (Å²) >= 11 is 1.08. The number of carboxylic acids is 1. The number of carbonyl (C=O) groups is 2. The van der Waals surface area contributed by atoms with Crippen molar-refractivity contribution in [3.05, 3.63) is 39.9 Å². The molecule has 0 aliphatic heterocycles. The van der Waals surface area contributed by atoms with Gasteiger partial charge in [-0.15, -0.1) is 5.10 Å². The van der Waals surface area contributed by atoms with E-state index in [1.54, 1.807) is 6.07 Å². The first-order chi connectivity index (χ1) is 11.1. The summed E-state index contributed by atoms with van der Waals surface area (Å²) in [6.45, 7) is 2.32. The minimum absolute atomic E-state index is 0.165. The molecule has 0 saturated heterocycles. The van der Waals surface area contributed by atoms with Crippen molar-refractivity contribution < 1.29 is 19.4 Å². The van der Waals surface area contributed by atoms with Crippen molar-refractivity contribution in [2.45, 2.75) is 19.8 Å². The predicted octanol–water partition coefficient (Wildman–Crippen LogP) is 1.78. The van der Waals surface area contributed by atoms with Crippen molar-refractivity contribution in [2.24, 2.45) is 0 Å². The van der Waals surface area contributed by atoms with Crippen molar-refractivity contribution >= 4 is 23.4 Å². The Morgan fingerprint density at radius 1 is 1.39 bits per heavy atom. The van der Waals surface area contributed by atoms with Crippen LogP contribution in [0.3, 0.4) is 0 Å². The van der Waals surface area contributed by atoms with Crippen molar-refractivity contribution in [1.82, 2.24) is 14.9 Å². The van der Waals surface area contributed by atoms with Gasteiger partial charge < -0.3 is 15.2 Å². The van der Waals surface area contributed by atoms with E-state index in [1.807, 2.05) is 6.92 Å². The van der Waals surface area contributed by atoms with Crippen LogP contribution < -0.4 is 10.1 Å². The monoisotopic (exact) mass is 335 g/mol. The number of methoxy groups -OCH3 is 1. The molecule has 0 saturated carbocycles. The van der Waals surface area contributed by atoms with Gasteiger partial charge in [0.2, 0.25) is 0 Å². The number of rotatable bonds is 7. The lowest BCUT2D eigenvalue weighted by atomic mass is 10.1. The summed E-state index contributed by atoms with van der Waals surface area (Å²) < 4.78 is 9.00. The summed E-state index contributed by atoms with van der Waals surface area (Å²) in [5.74, 6) is -0.709. The number of aryl methyl sites for hydroxylation is 1. The summed E-state index contributed by atoms with van der Waals surface area (Å²) in [4.78, 5) is 23.6. The van der Waals surface area contributed by atoms with Gasteiger partial charge in [0.05, 0.1) is 18.4 Å². The molecule has 1 aromatic carbocycles. The Balaban J connectivity index is 1.98. The number of carbonyl (C=O) groups excluding carboxylic acids is 1. The van der Waals surface area contributed by atoms with Gasteiger partial charge in [0.1, 0.15) is 10.6 Å². The number of aromatic nitrogens is 2. The Morgan fingerprint density at radius 2 is 2.17 bits per heavy atom. The number of ether oxygens (including phenoxy) is 1. The molecule has 7 nitrogen and oxygen atoms in total. The summed E-state index contributed by atoms with van der Waals surface area (Å²) in [6, 6.07) is 4.69. The first kappa shape index (κ1) is 16.9. The fourth-order valence-electron chi connectivity index (χ4n) is 2.09. The Hall–Kier alpha value is -2.48. The first-order valence-corrected chi connectivity index (χ1v) is 7.83. The lowest BCUT2D eigenvalue weighted by Crippen LogP contribution is -2.26. The number of nitrogens with one attached hydrogen (secondary N) is 1. The van der Waals surface area contributed by atoms with Crippen molar-refractivity contribution in [2.75, 3.05) is 13.7 Å². The minimum Gasteiger partial charge on any atom is -0.496 e. The van der Waals surface area contributed by atoms with Crippen LogP contribution in [0.2, 0.25) is 0 Å². The van der Waals surface area contributed by atoms with Gasteiger partial charge in [-0.1, -0.05) is 17.5 Å². The summed E-state index contributed by atoms with van der Waals surface area (Å²) in [5.41, 5.74) is 1.68. The number of aromatic carboxylic acids is 1. The summed E-state index contributed by atoms with van der Waals surface area (Å²) in [7, 11) is 1.49. The molecule has 0 aliphatic carbocycles. The molecule has 0 radical (unpaired) electrons. The highest BCUT2D eigenvalue weighted by molar-refractivity contribution is 7.08. The van der Waals surface area contributed by atoms with E-state index in [4.69, 9.17) is 9.84 Å². The van der Waals surface area contributed by atoms with Gasteiger partial charge in [-0.2, -0.15) is 0 Å². The maximum absolute atomic E-state index is 12.1. The highest BCUT2D eigenvalue weighted by atomic mass is 32.1. The molecular weight excluding hydrogens is 318 g/mol. The van der Waals surface area contributed by atoms with Crippen LogP contribution in [0.25, 0.3) is 0 Å². The zero-order chi connectivity index (χ0) is 16.8. The van der Waals surface area contributed by atoms with Gasteiger partial charge in [-0.05, 0) is 42.1 Å². The van der Waals surface area contributed by atoms with Gasteiger partial charge in [-0.25, -0.2) is 4.79 Å². The van der Waals surface area contributed by atoms with E-state index in [0.29, 0.717) is 35.7 Å². The second-order valence-electron chi connectivity index (χ2n) is 4.74. The van der Waals surface area contributed by atoms with Crippen LogP contribution in [0.1, 0.15) is 38.2 Å². The molecule has 2 N–H and O–H groups in total. The maximum Gasteiger partial charge on any atom is 0.335 e. The molecule has 2 rings (SSSR count). The highest BCUT2D eigenvalue weighted by Gasteiger charge is 2.15. The predicted molar refractivity (Wildman–Crippen MR) is 85.3 cm³/mol. The summed E-state index contributed by atoms with van der Waals surface area (Å²) in [6.07, 6.45) is 1.19. The van der Waals surface area contributed by atoms with E-state index in [1.165, 1.54) is 19.2 Å². The van der Waals surface area contributed by atoms with Crippen molar-refractivity contribution in [3.8, 4) is 5.75 Å². The maximum atomic E-state index is 12.1. The third kappa shape index (κ3) is 4.04. The normalized spacial score (nSPS) is 10.3. The topological polar surface area (TPSA) is 101 Å². The van der Waals surface area contributed by atoms with Crippen molar-refractivity contribution in [1.29, 1.82) is 0 Å². The second-order valence-corrected chi connectivity index (χ2v) is 5.49. The second kappa shape index (κ2) is 7.68. The summed E-state index contributed by atoms with van der Waals surface area (Å²) in [5, 5.41) is 15.7. The molecule has 1 aromatic heterocycles. The van der Waals surface area contributed by atoms with Crippen LogP contribution in [0.4, 0.5) is 0 Å². The molecule has 0 bridgehead atoms. The molecule has 2 aromatic rings. The largest absolute Gasteiger partial charge is 0.496 e. The Labute approximate surface area is 137 Å². The molecule has 0 atom stereocenters. The molecule has 8 heteroatoms. The van der Waals surface area contributed by atoms with Crippen LogP contribution in [0, 0.1) is 0 Å². The highest BCUT2D eigenvalue weighted by Crippen LogP contribution is 2.20. The number of hydrogen-bond acceptors (Lipinski definition) is 6. The quantitative estimate of drug-likeness (QED) is 0.800. The average Bonchev–Trinajstić information content (AvgIpc) is 3.03. The number of carboxylic acid groups (broad SMARTS) is 1. The molecule has 23 heavy (non-hydrogen) atoms. The Morgan fingerprint density at radius 3 is 2.83 bits per heavy atom. The molecule has 0 aliphatic rings. The van der Waals surface area contributed by atoms with Crippen LogP contribution in [0.15, 0.2) is 18.2 Å². The van der Waals surface area contributed by atoms with Gasteiger partial charge in [-0.3, -0.25) is 4.79 Å². The van der Waals surface area contributed by atoms with E-state index in [9.17, 15) is 9.59 Å². The van der Waals surface area contributed by atoms with Gasteiger partial charge in [0.15, 0.2) is 0 Å². The average molecular weight is 335 g/mol. The standard InChI is InChI=1S/C15H17N3O4S/c1-3-11-13(23-18-17-11)14(19)16-7-6-9-4-5-10(15(20)21)8-12(9)22-2/h4-5,8H,3,6-7H2,1-2H3,(H,16,19)(H,20,21). The number of amides is 1. The van der Waals surface area contributed by atoms with Crippen LogP contribution in [-0.4, -0.2) is 40.2 Å². The van der Waals surface area contributed by atoms with Gasteiger partial charge in [0.25, 0.3) is 5.91 Å². The van der Waals surface area contributed by atoms with E-state index in [0.717, 1.165) is 17.1 Å². The number of hydrogen-bond donors (Lipinski definition) is 2. The fraction of sp³-hybridized carbons (Fsp3) is 0.333. The lowest BCUT2D eigenvalue weighted by molar-refractivity contribution is 0.0696. The molecule has 1 heterocycles. The van der Waals surface area contributed by atoms with Crippen LogP contribution >= 0.6 is 11.5 Å². The number of benzene rings is 1. The smallest absolute Gasteiger partial charge is 0.335 e. The minimum atomic E-state index is -1.01. The van der Waals surface area contributed by atoms with E-state index >= 15 is 0 Å². The van der Waals surface area contributed by atoms with Gasteiger partial charge >= 0.3 is 5.97 Å². The number of nitrogens with zero attached hydrogens (tertiary/aromatic N) is 2. The molecule has 122 valence electrons. The van der Waals surface area contributed by atoms with E-state index in [-0.39, 0.29) is 11.5 Å².